The van der Waals surface area contributed by atoms with Crippen LogP contribution in [0.2, 0.25) is 0 Å². The lowest BCUT2D eigenvalue weighted by Crippen LogP contribution is -2.12. The number of aromatic nitrogens is 1. The molecule has 4 heteroatoms. The summed E-state index contributed by atoms with van der Waals surface area (Å²) in [7, 11) is 0. The van der Waals surface area contributed by atoms with E-state index >= 15 is 0 Å². The summed E-state index contributed by atoms with van der Waals surface area (Å²) in [4.78, 5) is 16.6. The van der Waals surface area contributed by atoms with E-state index in [1.54, 1.807) is 12.3 Å². The maximum atomic E-state index is 12.4. The molecule has 26 heavy (non-hydrogen) atoms. The lowest BCUT2D eigenvalue weighted by molar-refractivity contribution is 0.0994. The van der Waals surface area contributed by atoms with E-state index in [-0.39, 0.29) is 5.91 Å². The number of benzene rings is 1. The summed E-state index contributed by atoms with van der Waals surface area (Å²) < 4.78 is 5.78. The Morgan fingerprint density at radius 3 is 2.50 bits per heavy atom. The van der Waals surface area contributed by atoms with Crippen molar-refractivity contribution in [3.8, 4) is 0 Å². The molecule has 0 radical (unpaired) electrons. The SMILES string of the molecule is CCc1ccnc(NC(=O)c2ccc(Cc3c(C)cc(C)cc3C)o2)c1. The fourth-order valence-electron chi connectivity index (χ4n) is 3.20. The molecule has 2 heterocycles. The predicted octanol–water partition coefficient (Wildman–Crippen LogP) is 5.01. The van der Waals surface area contributed by atoms with Crippen molar-refractivity contribution in [2.75, 3.05) is 5.32 Å². The smallest absolute Gasteiger partial charge is 0.292 e. The van der Waals surface area contributed by atoms with Crippen LogP contribution in [-0.2, 0) is 12.8 Å². The third kappa shape index (κ3) is 4.02. The molecular formula is C22H24N2O2. The molecule has 0 aliphatic carbocycles. The van der Waals surface area contributed by atoms with Gasteiger partial charge in [0, 0.05) is 12.6 Å². The van der Waals surface area contributed by atoms with Crippen LogP contribution in [0.3, 0.4) is 0 Å². The van der Waals surface area contributed by atoms with Gasteiger partial charge in [-0.25, -0.2) is 4.98 Å². The summed E-state index contributed by atoms with van der Waals surface area (Å²) in [5.41, 5.74) is 6.11. The van der Waals surface area contributed by atoms with Gasteiger partial charge in [0.15, 0.2) is 5.76 Å². The number of carbonyl (C=O) groups is 1. The zero-order valence-corrected chi connectivity index (χ0v) is 15.7. The first-order valence-corrected chi connectivity index (χ1v) is 8.88. The highest BCUT2D eigenvalue weighted by molar-refractivity contribution is 6.01. The summed E-state index contributed by atoms with van der Waals surface area (Å²) >= 11 is 0. The number of rotatable bonds is 5. The molecule has 1 N–H and O–H groups in total. The molecule has 134 valence electrons. The predicted molar refractivity (Wildman–Crippen MR) is 104 cm³/mol. The Morgan fingerprint density at radius 1 is 1.08 bits per heavy atom. The quantitative estimate of drug-likeness (QED) is 0.705. The summed E-state index contributed by atoms with van der Waals surface area (Å²) in [5.74, 6) is 1.33. The van der Waals surface area contributed by atoms with Gasteiger partial charge in [0.25, 0.3) is 5.91 Å². The molecule has 1 aromatic carbocycles. The van der Waals surface area contributed by atoms with Crippen LogP contribution < -0.4 is 5.32 Å². The maximum Gasteiger partial charge on any atom is 0.292 e. The number of hydrogen-bond acceptors (Lipinski definition) is 3. The van der Waals surface area contributed by atoms with Crippen LogP contribution in [0.1, 0.15) is 51.1 Å². The normalized spacial score (nSPS) is 10.8. The van der Waals surface area contributed by atoms with E-state index in [0.717, 1.165) is 17.7 Å². The molecule has 3 rings (SSSR count). The topological polar surface area (TPSA) is 55.1 Å². The first kappa shape index (κ1) is 17.9. The van der Waals surface area contributed by atoms with Gasteiger partial charge >= 0.3 is 0 Å². The van der Waals surface area contributed by atoms with Crippen LogP contribution >= 0.6 is 0 Å². The highest BCUT2D eigenvalue weighted by Crippen LogP contribution is 2.21. The van der Waals surface area contributed by atoms with E-state index in [1.807, 2.05) is 18.2 Å². The van der Waals surface area contributed by atoms with E-state index in [0.29, 0.717) is 18.0 Å². The van der Waals surface area contributed by atoms with Gasteiger partial charge in [-0.15, -0.1) is 0 Å². The van der Waals surface area contributed by atoms with Gasteiger partial charge in [-0.05, 0) is 73.7 Å². The number of aryl methyl sites for hydroxylation is 4. The average molecular weight is 348 g/mol. The number of nitrogens with zero attached hydrogens (tertiary/aromatic N) is 1. The maximum absolute atomic E-state index is 12.4. The summed E-state index contributed by atoms with van der Waals surface area (Å²) in [6.45, 7) is 8.38. The average Bonchev–Trinajstić information content (AvgIpc) is 3.07. The molecule has 4 nitrogen and oxygen atoms in total. The summed E-state index contributed by atoms with van der Waals surface area (Å²) in [5, 5.41) is 2.80. The Morgan fingerprint density at radius 2 is 1.81 bits per heavy atom. The fraction of sp³-hybridized carbons (Fsp3) is 0.273. The van der Waals surface area contributed by atoms with Crippen molar-refractivity contribution in [3.63, 3.8) is 0 Å². The Labute approximate surface area is 154 Å². The minimum absolute atomic E-state index is 0.283. The second-order valence-corrected chi connectivity index (χ2v) is 6.68. The van der Waals surface area contributed by atoms with Crippen LogP contribution in [0.4, 0.5) is 5.82 Å². The molecule has 0 aliphatic heterocycles. The van der Waals surface area contributed by atoms with Crippen molar-refractivity contribution >= 4 is 11.7 Å². The molecular weight excluding hydrogens is 324 g/mol. The number of pyridine rings is 1. The van der Waals surface area contributed by atoms with Crippen molar-refractivity contribution in [1.29, 1.82) is 0 Å². The molecule has 0 saturated carbocycles. The van der Waals surface area contributed by atoms with Gasteiger partial charge in [0.05, 0.1) is 0 Å². The largest absolute Gasteiger partial charge is 0.456 e. The minimum atomic E-state index is -0.283. The van der Waals surface area contributed by atoms with Gasteiger partial charge in [-0.1, -0.05) is 24.6 Å². The Hall–Kier alpha value is -2.88. The van der Waals surface area contributed by atoms with Crippen molar-refractivity contribution in [2.45, 2.75) is 40.5 Å². The van der Waals surface area contributed by atoms with Gasteiger partial charge in [0.1, 0.15) is 11.6 Å². The molecule has 0 unspecified atom stereocenters. The van der Waals surface area contributed by atoms with E-state index in [4.69, 9.17) is 4.42 Å². The Bertz CT molecular complexity index is 918. The lowest BCUT2D eigenvalue weighted by Gasteiger charge is -2.10. The van der Waals surface area contributed by atoms with Gasteiger partial charge in [-0.2, -0.15) is 0 Å². The third-order valence-electron chi connectivity index (χ3n) is 4.55. The van der Waals surface area contributed by atoms with E-state index in [1.165, 1.54) is 22.3 Å². The highest BCUT2D eigenvalue weighted by atomic mass is 16.3. The van der Waals surface area contributed by atoms with Crippen LogP contribution in [0.25, 0.3) is 0 Å². The Kier molecular flexibility index (Phi) is 5.21. The number of furan rings is 1. The standard InChI is InChI=1S/C22H24N2O2/c1-5-17-8-9-23-21(12-17)24-22(25)20-7-6-18(26-20)13-19-15(3)10-14(2)11-16(19)4/h6-12H,5,13H2,1-4H3,(H,23,24,25). The second-order valence-electron chi connectivity index (χ2n) is 6.68. The number of anilines is 1. The number of hydrogen-bond donors (Lipinski definition) is 1. The molecule has 0 spiro atoms. The third-order valence-corrected chi connectivity index (χ3v) is 4.55. The van der Waals surface area contributed by atoms with Crippen LogP contribution in [0.5, 0.6) is 0 Å². The van der Waals surface area contributed by atoms with Gasteiger partial charge in [-0.3, -0.25) is 4.79 Å². The zero-order valence-electron chi connectivity index (χ0n) is 15.7. The van der Waals surface area contributed by atoms with Gasteiger partial charge in [0.2, 0.25) is 0 Å². The minimum Gasteiger partial charge on any atom is -0.456 e. The summed E-state index contributed by atoms with van der Waals surface area (Å²) in [6.07, 6.45) is 3.27. The molecule has 3 aromatic rings. The highest BCUT2D eigenvalue weighted by Gasteiger charge is 2.14. The van der Waals surface area contributed by atoms with E-state index < -0.39 is 0 Å². The number of carbonyl (C=O) groups excluding carboxylic acids is 1. The first-order chi connectivity index (χ1) is 12.5. The molecule has 0 saturated heterocycles. The van der Waals surface area contributed by atoms with Crippen molar-refractivity contribution in [3.05, 3.63) is 81.9 Å². The lowest BCUT2D eigenvalue weighted by atomic mass is 9.97. The van der Waals surface area contributed by atoms with Crippen LogP contribution in [0.15, 0.2) is 47.0 Å². The molecule has 0 aliphatic rings. The first-order valence-electron chi connectivity index (χ1n) is 8.88. The van der Waals surface area contributed by atoms with Gasteiger partial charge < -0.3 is 9.73 Å². The number of nitrogens with one attached hydrogen (secondary N) is 1. The molecule has 0 bridgehead atoms. The molecule has 2 aromatic heterocycles. The van der Waals surface area contributed by atoms with E-state index in [9.17, 15) is 4.79 Å². The zero-order chi connectivity index (χ0) is 18.7. The second kappa shape index (κ2) is 7.56. The fourth-order valence-corrected chi connectivity index (χ4v) is 3.20. The van der Waals surface area contributed by atoms with Crippen molar-refractivity contribution < 1.29 is 9.21 Å². The van der Waals surface area contributed by atoms with Crippen molar-refractivity contribution in [2.24, 2.45) is 0 Å². The molecule has 1 amide bonds. The molecule has 0 atom stereocenters. The summed E-state index contributed by atoms with van der Waals surface area (Å²) in [6, 6.07) is 11.7. The molecule has 0 fully saturated rings. The van der Waals surface area contributed by atoms with Crippen molar-refractivity contribution in [1.82, 2.24) is 4.98 Å². The van der Waals surface area contributed by atoms with Crippen LogP contribution in [0, 0.1) is 20.8 Å². The Balaban J connectivity index is 1.74. The van der Waals surface area contributed by atoms with E-state index in [2.05, 4.69) is 50.1 Å². The number of amides is 1. The van der Waals surface area contributed by atoms with Crippen LogP contribution in [-0.4, -0.2) is 10.9 Å². The monoisotopic (exact) mass is 348 g/mol.